The highest BCUT2D eigenvalue weighted by Gasteiger charge is 2.19. The Kier molecular flexibility index (Phi) is 37.4. The predicted molar refractivity (Wildman–Crippen MR) is 210 cm³/mol. The third-order valence-electron chi connectivity index (χ3n) is 9.79. The maximum atomic E-state index is 12.7. The van der Waals surface area contributed by atoms with Gasteiger partial charge in [-0.25, -0.2) is 0 Å². The molecule has 6 heteroatoms. The van der Waals surface area contributed by atoms with Crippen molar-refractivity contribution in [3.8, 4) is 0 Å². The van der Waals surface area contributed by atoms with Crippen LogP contribution in [0, 0.1) is 5.92 Å². The van der Waals surface area contributed by atoms with E-state index in [0.717, 1.165) is 63.7 Å². The fourth-order valence-corrected chi connectivity index (χ4v) is 6.45. The van der Waals surface area contributed by atoms with Crippen LogP contribution in [0.25, 0.3) is 0 Å². The molecule has 296 valence electrons. The summed E-state index contributed by atoms with van der Waals surface area (Å²) in [5, 5.41) is 0. The molecule has 0 aliphatic rings. The third-order valence-corrected chi connectivity index (χ3v) is 9.79. The fraction of sp³-hybridized carbons (Fsp3) is 0.932. The van der Waals surface area contributed by atoms with Crippen LogP contribution < -0.4 is 0 Å². The van der Waals surface area contributed by atoms with Crippen LogP contribution in [0.3, 0.4) is 0 Å². The molecule has 0 aromatic rings. The summed E-state index contributed by atoms with van der Waals surface area (Å²) >= 11 is 0. The largest absolute Gasteiger partial charge is 0.462 e. The quantitative estimate of drug-likeness (QED) is 0.0359. The first kappa shape index (κ1) is 48.4. The van der Waals surface area contributed by atoms with Gasteiger partial charge in [-0.3, -0.25) is 14.4 Å². The predicted octanol–water partition coefficient (Wildman–Crippen LogP) is 13.6. The van der Waals surface area contributed by atoms with Crippen molar-refractivity contribution in [2.45, 2.75) is 246 Å². The molecule has 1 atom stereocenters. The Morgan fingerprint density at radius 3 is 0.980 bits per heavy atom. The van der Waals surface area contributed by atoms with Gasteiger partial charge in [0.1, 0.15) is 13.2 Å². The van der Waals surface area contributed by atoms with Crippen molar-refractivity contribution in [2.24, 2.45) is 5.92 Å². The Bertz CT molecular complexity index is 751. The van der Waals surface area contributed by atoms with Gasteiger partial charge in [0.15, 0.2) is 6.10 Å². The third kappa shape index (κ3) is 37.7. The van der Waals surface area contributed by atoms with Gasteiger partial charge in [0.2, 0.25) is 0 Å². The second kappa shape index (κ2) is 38.6. The van der Waals surface area contributed by atoms with E-state index in [1.54, 1.807) is 0 Å². The molecule has 0 amide bonds. The highest BCUT2D eigenvalue weighted by Crippen LogP contribution is 2.16. The Hall–Kier alpha value is -1.59. The molecule has 6 nitrogen and oxygen atoms in total. The number of hydrogen-bond acceptors (Lipinski definition) is 6. The lowest BCUT2D eigenvalue weighted by Gasteiger charge is -2.18. The molecule has 0 saturated carbocycles. The van der Waals surface area contributed by atoms with Crippen molar-refractivity contribution in [2.75, 3.05) is 13.2 Å². The van der Waals surface area contributed by atoms with Gasteiger partial charge >= 0.3 is 17.9 Å². The summed E-state index contributed by atoms with van der Waals surface area (Å²) in [6, 6.07) is 0. The number of ether oxygens (including phenoxy) is 3. The Labute approximate surface area is 310 Å². The number of rotatable bonds is 39. The zero-order valence-electron chi connectivity index (χ0n) is 33.9. The number of esters is 3. The van der Waals surface area contributed by atoms with Gasteiger partial charge in [0.25, 0.3) is 0 Å². The van der Waals surface area contributed by atoms with E-state index in [4.69, 9.17) is 14.2 Å². The van der Waals surface area contributed by atoms with Gasteiger partial charge in [-0.2, -0.15) is 0 Å². The molecular formula is C44H84O6. The molecule has 0 radical (unpaired) electrons. The van der Waals surface area contributed by atoms with Crippen LogP contribution in [0.4, 0.5) is 0 Å². The second-order valence-corrected chi connectivity index (χ2v) is 15.5. The minimum absolute atomic E-state index is 0.0651. The van der Waals surface area contributed by atoms with Crippen LogP contribution in [-0.2, 0) is 28.6 Å². The smallest absolute Gasteiger partial charge is 0.306 e. The van der Waals surface area contributed by atoms with Crippen LogP contribution in [0.15, 0.2) is 0 Å². The molecule has 0 aliphatic heterocycles. The fourth-order valence-electron chi connectivity index (χ4n) is 6.45. The molecule has 0 aromatic carbocycles. The molecular weight excluding hydrogens is 624 g/mol. The van der Waals surface area contributed by atoms with E-state index >= 15 is 0 Å². The zero-order chi connectivity index (χ0) is 36.8. The number of hydrogen-bond donors (Lipinski definition) is 0. The van der Waals surface area contributed by atoms with Crippen molar-refractivity contribution in [3.63, 3.8) is 0 Å². The van der Waals surface area contributed by atoms with E-state index in [-0.39, 0.29) is 31.1 Å². The SMILES string of the molecule is CCCCCCCCCCCCCCCCC(=O)O[C@H](COC(=O)CCCCCCCCCCC)COC(=O)CCCCCCCCC(C)C. The van der Waals surface area contributed by atoms with E-state index in [1.807, 2.05) is 0 Å². The first-order valence-electron chi connectivity index (χ1n) is 21.9. The second-order valence-electron chi connectivity index (χ2n) is 15.5. The number of carbonyl (C=O) groups excluding carboxylic acids is 3. The molecule has 0 bridgehead atoms. The van der Waals surface area contributed by atoms with Crippen molar-refractivity contribution in [1.29, 1.82) is 0 Å². The summed E-state index contributed by atoms with van der Waals surface area (Å²) in [6.07, 6.45) is 36.7. The van der Waals surface area contributed by atoms with E-state index in [0.29, 0.717) is 19.3 Å². The van der Waals surface area contributed by atoms with Crippen molar-refractivity contribution >= 4 is 17.9 Å². The zero-order valence-corrected chi connectivity index (χ0v) is 33.9. The molecule has 0 N–H and O–H groups in total. The minimum atomic E-state index is -0.758. The number of unbranched alkanes of at least 4 members (excludes halogenated alkanes) is 26. The standard InChI is InChI=1S/C44H84O6/c1-5-7-9-11-13-15-16-17-18-19-21-23-29-33-37-44(47)50-41(38-48-42(45)35-31-27-22-20-14-12-10-8-6-2)39-49-43(46)36-32-28-25-24-26-30-34-40(3)4/h40-41H,5-39H2,1-4H3/t41-/m1/s1. The lowest BCUT2D eigenvalue weighted by molar-refractivity contribution is -0.167. The van der Waals surface area contributed by atoms with Gasteiger partial charge < -0.3 is 14.2 Å². The van der Waals surface area contributed by atoms with Gasteiger partial charge in [-0.15, -0.1) is 0 Å². The van der Waals surface area contributed by atoms with Crippen LogP contribution in [0.5, 0.6) is 0 Å². The molecule has 0 fully saturated rings. The van der Waals surface area contributed by atoms with Crippen molar-refractivity contribution in [3.05, 3.63) is 0 Å². The number of carbonyl (C=O) groups is 3. The average Bonchev–Trinajstić information content (AvgIpc) is 3.09. The first-order chi connectivity index (χ1) is 24.4. The molecule has 0 heterocycles. The summed E-state index contributed by atoms with van der Waals surface area (Å²) in [5.41, 5.74) is 0. The van der Waals surface area contributed by atoms with Gasteiger partial charge in [-0.05, 0) is 25.2 Å². The molecule has 0 rings (SSSR count). The topological polar surface area (TPSA) is 78.9 Å². The molecule has 0 aromatic heterocycles. The molecule has 0 saturated heterocycles. The van der Waals surface area contributed by atoms with E-state index in [2.05, 4.69) is 27.7 Å². The van der Waals surface area contributed by atoms with Gasteiger partial charge in [-0.1, -0.05) is 201 Å². The minimum Gasteiger partial charge on any atom is -0.462 e. The van der Waals surface area contributed by atoms with Crippen LogP contribution >= 0.6 is 0 Å². The van der Waals surface area contributed by atoms with E-state index < -0.39 is 6.10 Å². The van der Waals surface area contributed by atoms with Gasteiger partial charge in [0, 0.05) is 19.3 Å². The van der Waals surface area contributed by atoms with Gasteiger partial charge in [0.05, 0.1) is 0 Å². The summed E-state index contributed by atoms with van der Waals surface area (Å²) in [7, 11) is 0. The maximum absolute atomic E-state index is 12.7. The Balaban J connectivity index is 4.31. The summed E-state index contributed by atoms with van der Waals surface area (Å²) < 4.78 is 16.6. The molecule has 0 aliphatic carbocycles. The lowest BCUT2D eigenvalue weighted by Crippen LogP contribution is -2.30. The first-order valence-corrected chi connectivity index (χ1v) is 21.9. The Morgan fingerprint density at radius 2 is 0.660 bits per heavy atom. The van der Waals surface area contributed by atoms with Crippen LogP contribution in [0.2, 0.25) is 0 Å². The summed E-state index contributed by atoms with van der Waals surface area (Å²) in [6.45, 7) is 8.90. The summed E-state index contributed by atoms with van der Waals surface area (Å²) in [5.74, 6) is -0.0999. The molecule has 0 spiro atoms. The van der Waals surface area contributed by atoms with Crippen molar-refractivity contribution < 1.29 is 28.6 Å². The molecule has 0 unspecified atom stereocenters. The van der Waals surface area contributed by atoms with E-state index in [9.17, 15) is 14.4 Å². The lowest BCUT2D eigenvalue weighted by atomic mass is 10.0. The molecule has 50 heavy (non-hydrogen) atoms. The highest BCUT2D eigenvalue weighted by molar-refractivity contribution is 5.71. The normalized spacial score (nSPS) is 11.9. The monoisotopic (exact) mass is 709 g/mol. The van der Waals surface area contributed by atoms with Crippen LogP contribution in [-0.4, -0.2) is 37.2 Å². The maximum Gasteiger partial charge on any atom is 0.306 e. The van der Waals surface area contributed by atoms with Crippen LogP contribution in [0.1, 0.15) is 240 Å². The average molecular weight is 709 g/mol. The van der Waals surface area contributed by atoms with Crippen molar-refractivity contribution in [1.82, 2.24) is 0 Å². The highest BCUT2D eigenvalue weighted by atomic mass is 16.6. The van der Waals surface area contributed by atoms with E-state index in [1.165, 1.54) is 135 Å². The summed E-state index contributed by atoms with van der Waals surface area (Å²) in [4.78, 5) is 37.5. The Morgan fingerprint density at radius 1 is 0.380 bits per heavy atom.